The summed E-state index contributed by atoms with van der Waals surface area (Å²) >= 11 is 6.55. The van der Waals surface area contributed by atoms with Gasteiger partial charge in [-0.2, -0.15) is 4.98 Å². The number of aromatic nitrogens is 3. The van der Waals surface area contributed by atoms with Gasteiger partial charge >= 0.3 is 0 Å². The molecule has 10 heteroatoms. The van der Waals surface area contributed by atoms with Crippen molar-refractivity contribution in [3.8, 4) is 23.0 Å². The number of hydrogen-bond donors (Lipinski definition) is 2. The predicted octanol–water partition coefficient (Wildman–Crippen LogP) is 2.51. The van der Waals surface area contributed by atoms with Crippen LogP contribution in [-0.4, -0.2) is 89.3 Å². The zero-order chi connectivity index (χ0) is 23.2. The summed E-state index contributed by atoms with van der Waals surface area (Å²) in [6, 6.07) is 9.92. The Morgan fingerprint density at radius 1 is 1.18 bits per heavy atom. The molecule has 6 rings (SSSR count). The second-order valence-corrected chi connectivity index (χ2v) is 9.71. The van der Waals surface area contributed by atoms with Crippen LogP contribution in [0, 0.1) is 5.92 Å². The number of likely N-dealkylation sites (tertiary alicyclic amines) is 1. The van der Waals surface area contributed by atoms with Gasteiger partial charge in [-0.25, -0.2) is 4.98 Å². The lowest BCUT2D eigenvalue weighted by molar-refractivity contribution is 0.00706. The number of nitrogens with one attached hydrogen (secondary N) is 1. The highest BCUT2D eigenvalue weighted by Gasteiger charge is 2.48. The Labute approximate surface area is 201 Å². The van der Waals surface area contributed by atoms with Crippen LogP contribution in [-0.2, 0) is 9.47 Å². The van der Waals surface area contributed by atoms with Crippen LogP contribution in [0.2, 0.25) is 5.02 Å². The van der Waals surface area contributed by atoms with E-state index in [2.05, 4.69) is 26.9 Å². The Kier molecular flexibility index (Phi) is 5.82. The number of nitrogens with zero attached hydrogens (tertiary/aromatic N) is 3. The quantitative estimate of drug-likeness (QED) is 0.548. The molecule has 1 aromatic carbocycles. The first-order chi connectivity index (χ1) is 16.5. The molecular weight excluding hydrogens is 460 g/mol. The van der Waals surface area contributed by atoms with Crippen LogP contribution in [0.3, 0.4) is 0 Å². The Hall–Kier alpha value is -2.43. The maximum atomic E-state index is 9.91. The molecule has 0 aliphatic carbocycles. The topological polar surface area (TPSA) is 102 Å². The van der Waals surface area contributed by atoms with Crippen molar-refractivity contribution in [3.05, 3.63) is 35.4 Å². The molecule has 3 aliphatic heterocycles. The number of hydrogen-bond acceptors (Lipinski definition) is 8. The fourth-order valence-electron chi connectivity index (χ4n) is 4.93. The van der Waals surface area contributed by atoms with Crippen LogP contribution in [0.25, 0.3) is 22.4 Å². The van der Waals surface area contributed by atoms with Gasteiger partial charge < -0.3 is 33.9 Å². The maximum absolute atomic E-state index is 9.91. The summed E-state index contributed by atoms with van der Waals surface area (Å²) in [6.45, 7) is 3.51. The van der Waals surface area contributed by atoms with Gasteiger partial charge in [-0.1, -0.05) is 11.6 Å². The molecule has 3 fully saturated rings. The van der Waals surface area contributed by atoms with E-state index in [1.807, 2.05) is 24.3 Å². The van der Waals surface area contributed by atoms with Gasteiger partial charge in [0.2, 0.25) is 0 Å². The van der Waals surface area contributed by atoms with Crippen molar-refractivity contribution < 1.29 is 24.1 Å². The van der Waals surface area contributed by atoms with Crippen molar-refractivity contribution in [2.24, 2.45) is 5.92 Å². The number of ether oxygens (including phenoxy) is 4. The summed E-state index contributed by atoms with van der Waals surface area (Å²) in [5, 5.41) is 10.4. The second kappa shape index (κ2) is 8.98. The molecule has 1 unspecified atom stereocenters. The summed E-state index contributed by atoms with van der Waals surface area (Å²) in [5.41, 5.74) is 2.70. The van der Waals surface area contributed by atoms with Crippen LogP contribution in [0.15, 0.2) is 30.3 Å². The van der Waals surface area contributed by atoms with Gasteiger partial charge in [0.1, 0.15) is 24.1 Å². The molecule has 3 aromatic rings. The minimum atomic E-state index is -0.626. The highest BCUT2D eigenvalue weighted by molar-refractivity contribution is 6.33. The highest BCUT2D eigenvalue weighted by atomic mass is 35.5. The standard InChI is InChI=1S/C24H27ClN4O5/c1-29-7-6-13(9-29)10-31-15-4-2-14(3-5-15)20-16(25)8-17-23(27-20)28-24(26-17)34-19-12-33-21-18(30)11-32-22(19)21/h2-5,8,13,18-19,21-22,30H,6-7,9-12H2,1H3,(H,26,27,28)/t13?,18-,19-,21-,22-/m1/s1. The molecule has 2 N–H and O–H groups in total. The Bertz CT molecular complexity index is 1170. The van der Waals surface area contributed by atoms with E-state index in [0.29, 0.717) is 40.4 Å². The average Bonchev–Trinajstić information content (AvgIpc) is 3.60. The number of fused-ring (bicyclic) bond motifs is 2. The molecule has 0 radical (unpaired) electrons. The Balaban J connectivity index is 1.15. The van der Waals surface area contributed by atoms with Crippen LogP contribution in [0.5, 0.6) is 11.8 Å². The first kappa shape index (κ1) is 22.1. The number of aliphatic hydroxyl groups excluding tert-OH is 1. The van der Waals surface area contributed by atoms with Crippen molar-refractivity contribution in [1.29, 1.82) is 0 Å². The zero-order valence-corrected chi connectivity index (χ0v) is 19.6. The lowest BCUT2D eigenvalue weighted by Gasteiger charge is -2.15. The molecule has 5 heterocycles. The van der Waals surface area contributed by atoms with E-state index in [4.69, 9.17) is 30.5 Å². The van der Waals surface area contributed by atoms with Gasteiger partial charge in [0.25, 0.3) is 6.01 Å². The molecule has 0 amide bonds. The van der Waals surface area contributed by atoms with E-state index in [0.717, 1.165) is 31.0 Å². The third-order valence-electron chi connectivity index (χ3n) is 6.75. The number of rotatable bonds is 6. The van der Waals surface area contributed by atoms with Crippen molar-refractivity contribution in [3.63, 3.8) is 0 Å². The molecule has 9 nitrogen and oxygen atoms in total. The summed E-state index contributed by atoms with van der Waals surface area (Å²) in [4.78, 5) is 14.6. The molecular formula is C24H27ClN4O5. The van der Waals surface area contributed by atoms with Gasteiger partial charge in [-0.15, -0.1) is 0 Å². The van der Waals surface area contributed by atoms with Crippen molar-refractivity contribution >= 4 is 22.8 Å². The summed E-state index contributed by atoms with van der Waals surface area (Å²) in [6.07, 6.45) is -0.480. The van der Waals surface area contributed by atoms with Gasteiger partial charge in [-0.3, -0.25) is 0 Å². The second-order valence-electron chi connectivity index (χ2n) is 9.30. The van der Waals surface area contributed by atoms with Gasteiger partial charge in [0.05, 0.1) is 36.1 Å². The molecule has 3 saturated heterocycles. The molecule has 180 valence electrons. The van der Waals surface area contributed by atoms with E-state index in [1.165, 1.54) is 6.42 Å². The predicted molar refractivity (Wildman–Crippen MR) is 125 cm³/mol. The smallest absolute Gasteiger partial charge is 0.296 e. The molecule has 3 aliphatic rings. The maximum Gasteiger partial charge on any atom is 0.296 e. The largest absolute Gasteiger partial charge is 0.493 e. The first-order valence-corrected chi connectivity index (χ1v) is 12.0. The van der Waals surface area contributed by atoms with Crippen LogP contribution < -0.4 is 9.47 Å². The molecule has 2 aromatic heterocycles. The first-order valence-electron chi connectivity index (χ1n) is 11.6. The van der Waals surface area contributed by atoms with E-state index < -0.39 is 6.10 Å². The zero-order valence-electron chi connectivity index (χ0n) is 18.8. The fraction of sp³-hybridized carbons (Fsp3) is 0.500. The Morgan fingerprint density at radius 3 is 2.79 bits per heavy atom. The number of H-pyrrole nitrogens is 1. The Morgan fingerprint density at radius 2 is 2.00 bits per heavy atom. The van der Waals surface area contributed by atoms with Crippen molar-refractivity contribution in [2.75, 3.05) is 40.0 Å². The number of pyridine rings is 1. The lowest BCUT2D eigenvalue weighted by atomic mass is 10.1. The number of aliphatic hydroxyl groups is 1. The normalized spacial score (nSPS) is 29.1. The van der Waals surface area contributed by atoms with Crippen LogP contribution in [0.1, 0.15) is 6.42 Å². The van der Waals surface area contributed by atoms with Crippen LogP contribution in [0.4, 0.5) is 0 Å². The average molecular weight is 487 g/mol. The van der Waals surface area contributed by atoms with Crippen molar-refractivity contribution in [2.45, 2.75) is 30.8 Å². The molecule has 0 bridgehead atoms. The lowest BCUT2D eigenvalue weighted by Crippen LogP contribution is -2.34. The molecule has 5 atom stereocenters. The van der Waals surface area contributed by atoms with E-state index in [-0.39, 0.29) is 24.9 Å². The van der Waals surface area contributed by atoms with Gasteiger partial charge in [-0.05, 0) is 50.3 Å². The molecule has 0 spiro atoms. The van der Waals surface area contributed by atoms with E-state index >= 15 is 0 Å². The number of aromatic amines is 1. The summed E-state index contributed by atoms with van der Waals surface area (Å²) in [5.74, 6) is 1.41. The van der Waals surface area contributed by atoms with E-state index in [1.54, 1.807) is 6.07 Å². The van der Waals surface area contributed by atoms with Crippen LogP contribution >= 0.6 is 11.6 Å². The molecule has 34 heavy (non-hydrogen) atoms. The third-order valence-corrected chi connectivity index (χ3v) is 7.04. The SMILES string of the molecule is CN1CCC(COc2ccc(-c3nc4nc(O[C@@H]5CO[C@H]6[C@@H]5OC[C@H]6O)[nH]c4cc3Cl)cc2)C1. The van der Waals surface area contributed by atoms with Gasteiger partial charge in [0, 0.05) is 18.0 Å². The monoisotopic (exact) mass is 486 g/mol. The number of halogens is 1. The minimum Gasteiger partial charge on any atom is -0.493 e. The van der Waals surface area contributed by atoms with Gasteiger partial charge in [0.15, 0.2) is 11.8 Å². The third kappa shape index (κ3) is 4.23. The highest BCUT2D eigenvalue weighted by Crippen LogP contribution is 2.32. The fourth-order valence-corrected chi connectivity index (χ4v) is 5.19. The summed E-state index contributed by atoms with van der Waals surface area (Å²) in [7, 11) is 2.14. The number of imidazole rings is 1. The minimum absolute atomic E-state index is 0.248. The summed E-state index contributed by atoms with van der Waals surface area (Å²) < 4.78 is 23.2. The number of benzene rings is 1. The van der Waals surface area contributed by atoms with Crippen molar-refractivity contribution in [1.82, 2.24) is 19.9 Å². The molecule has 0 saturated carbocycles. The van der Waals surface area contributed by atoms with E-state index in [9.17, 15) is 5.11 Å².